The zero-order valence-corrected chi connectivity index (χ0v) is 22.9. The molecule has 0 aliphatic carbocycles. The van der Waals surface area contributed by atoms with Gasteiger partial charge in [-0.15, -0.1) is 0 Å². The van der Waals surface area contributed by atoms with Gasteiger partial charge in [0, 0.05) is 6.42 Å². The molecule has 0 fully saturated rings. The summed E-state index contributed by atoms with van der Waals surface area (Å²) in [6, 6.07) is -1.97. The number of carboxylic acids is 1. The molecule has 6 N–H and O–H groups in total. The van der Waals surface area contributed by atoms with Gasteiger partial charge in [-0.1, -0.05) is 103 Å². The van der Waals surface area contributed by atoms with E-state index in [4.69, 9.17) is 16.2 Å². The van der Waals surface area contributed by atoms with Crippen LogP contribution in [-0.2, 0) is 19.1 Å². The van der Waals surface area contributed by atoms with Gasteiger partial charge in [0.25, 0.3) is 0 Å². The summed E-state index contributed by atoms with van der Waals surface area (Å²) in [6.07, 6.45) is 21.5. The molecule has 2 atom stereocenters. The molecule has 0 saturated heterocycles. The minimum Gasteiger partial charge on any atom is -0.480 e. The predicted octanol–water partition coefficient (Wildman–Crippen LogP) is 5.21. The quantitative estimate of drug-likeness (QED) is 0.0918. The lowest BCUT2D eigenvalue weighted by molar-refractivity contribution is -0.145. The lowest BCUT2D eigenvalue weighted by atomic mass is 10.0. The molecule has 36 heavy (non-hydrogen) atoms. The Morgan fingerprint density at radius 2 is 1.22 bits per heavy atom. The van der Waals surface area contributed by atoms with Crippen LogP contribution in [0.2, 0.25) is 0 Å². The van der Waals surface area contributed by atoms with E-state index in [1.54, 1.807) is 0 Å². The third-order valence-electron chi connectivity index (χ3n) is 6.57. The van der Waals surface area contributed by atoms with Gasteiger partial charge in [0.1, 0.15) is 6.04 Å². The van der Waals surface area contributed by atoms with E-state index < -0.39 is 29.9 Å². The van der Waals surface area contributed by atoms with Crippen LogP contribution in [0.4, 0.5) is 0 Å². The fraction of sp³-hybridized carbons (Fsp3) is 0.893. The fourth-order valence-corrected chi connectivity index (χ4v) is 4.18. The first-order valence-corrected chi connectivity index (χ1v) is 14.6. The van der Waals surface area contributed by atoms with Gasteiger partial charge in [-0.2, -0.15) is 0 Å². The van der Waals surface area contributed by atoms with Crippen LogP contribution >= 0.6 is 0 Å². The van der Waals surface area contributed by atoms with E-state index in [0.29, 0.717) is 26.0 Å². The Balaban J connectivity index is 3.61. The van der Waals surface area contributed by atoms with Gasteiger partial charge in [0.05, 0.1) is 12.6 Å². The third-order valence-corrected chi connectivity index (χ3v) is 6.57. The number of carbonyl (C=O) groups excluding carboxylic acids is 2. The van der Waals surface area contributed by atoms with Crippen LogP contribution in [-0.4, -0.2) is 48.2 Å². The van der Waals surface area contributed by atoms with Gasteiger partial charge in [-0.3, -0.25) is 9.59 Å². The first kappa shape index (κ1) is 34.3. The highest BCUT2D eigenvalue weighted by Gasteiger charge is 2.24. The second-order valence-electron chi connectivity index (χ2n) is 10.00. The van der Waals surface area contributed by atoms with Crippen molar-refractivity contribution in [3.05, 3.63) is 0 Å². The van der Waals surface area contributed by atoms with Crippen molar-refractivity contribution in [2.24, 2.45) is 11.5 Å². The van der Waals surface area contributed by atoms with Gasteiger partial charge in [0.15, 0.2) is 0 Å². The second kappa shape index (κ2) is 25.0. The predicted molar refractivity (Wildman–Crippen MR) is 146 cm³/mol. The molecule has 8 heteroatoms. The van der Waals surface area contributed by atoms with E-state index in [1.807, 2.05) is 0 Å². The number of carbonyl (C=O) groups is 3. The normalized spacial score (nSPS) is 12.8. The fourth-order valence-electron chi connectivity index (χ4n) is 4.18. The molecule has 0 aliphatic heterocycles. The number of nitrogens with one attached hydrogen (secondary N) is 1. The van der Waals surface area contributed by atoms with Crippen LogP contribution in [0.5, 0.6) is 0 Å². The van der Waals surface area contributed by atoms with Gasteiger partial charge < -0.3 is 26.6 Å². The average Bonchev–Trinajstić information content (AvgIpc) is 2.86. The molecular weight excluding hydrogens is 458 g/mol. The van der Waals surface area contributed by atoms with Crippen molar-refractivity contribution in [3.8, 4) is 0 Å². The van der Waals surface area contributed by atoms with E-state index in [1.165, 1.54) is 83.5 Å². The highest BCUT2D eigenvalue weighted by atomic mass is 16.5. The number of hydrogen-bond donors (Lipinski definition) is 4. The molecule has 1 amide bonds. The number of esters is 1. The standard InChI is InChI=1S/C28H55N3O5/c1-2-3-4-5-6-7-8-9-10-11-12-13-14-15-16-17-23-36-26(32)21-20-25(28(34)35)31-27(33)24(30)19-18-22-29/h24-25H,2-23,29-30H2,1H3,(H,31,33)(H,34,35)/t24-,25+/m1/s1. The van der Waals surface area contributed by atoms with Crippen LogP contribution in [0.1, 0.15) is 135 Å². The number of amides is 1. The maximum absolute atomic E-state index is 12.0. The molecule has 0 aromatic rings. The van der Waals surface area contributed by atoms with Crippen LogP contribution in [0, 0.1) is 0 Å². The first-order chi connectivity index (χ1) is 17.4. The van der Waals surface area contributed by atoms with Crippen LogP contribution < -0.4 is 16.8 Å². The Labute approximate surface area is 219 Å². The Bertz CT molecular complexity index is 559. The smallest absolute Gasteiger partial charge is 0.326 e. The van der Waals surface area contributed by atoms with E-state index in [2.05, 4.69) is 12.2 Å². The SMILES string of the molecule is CCCCCCCCCCCCCCCCCCOC(=O)CC[C@H](NC(=O)[C@H](N)CCCN)C(=O)O. The number of aliphatic carboxylic acids is 1. The Morgan fingerprint density at radius 3 is 1.67 bits per heavy atom. The van der Waals surface area contributed by atoms with Crippen LogP contribution in [0.25, 0.3) is 0 Å². The highest BCUT2D eigenvalue weighted by Crippen LogP contribution is 2.14. The number of ether oxygens (including phenoxy) is 1. The molecule has 0 aromatic heterocycles. The van der Waals surface area contributed by atoms with E-state index >= 15 is 0 Å². The zero-order valence-electron chi connectivity index (χ0n) is 22.9. The minimum absolute atomic E-state index is 0.0253. The number of hydrogen-bond acceptors (Lipinski definition) is 6. The Morgan fingerprint density at radius 1 is 0.750 bits per heavy atom. The van der Waals surface area contributed by atoms with Crippen molar-refractivity contribution in [1.82, 2.24) is 5.32 Å². The van der Waals surface area contributed by atoms with Crippen molar-refractivity contribution >= 4 is 17.8 Å². The number of unbranched alkanes of at least 4 members (excludes halogenated alkanes) is 15. The largest absolute Gasteiger partial charge is 0.480 e. The van der Waals surface area contributed by atoms with Crippen LogP contribution in [0.3, 0.4) is 0 Å². The summed E-state index contributed by atoms with van der Waals surface area (Å²) in [6.45, 7) is 3.02. The molecule has 212 valence electrons. The lowest BCUT2D eigenvalue weighted by Crippen LogP contribution is -2.48. The molecule has 0 rings (SSSR count). The summed E-state index contributed by atoms with van der Waals surface area (Å²) in [5.74, 6) is -2.18. The van der Waals surface area contributed by atoms with Crippen molar-refractivity contribution in [2.45, 2.75) is 147 Å². The third kappa shape index (κ3) is 21.6. The molecule has 0 saturated carbocycles. The Kier molecular flexibility index (Phi) is 23.8. The maximum atomic E-state index is 12.0. The highest BCUT2D eigenvalue weighted by molar-refractivity contribution is 5.87. The molecule has 0 heterocycles. The summed E-state index contributed by atoms with van der Waals surface area (Å²) in [7, 11) is 0. The van der Waals surface area contributed by atoms with Gasteiger partial charge in [0.2, 0.25) is 5.91 Å². The maximum Gasteiger partial charge on any atom is 0.326 e. The van der Waals surface area contributed by atoms with Crippen molar-refractivity contribution in [2.75, 3.05) is 13.2 Å². The Hall–Kier alpha value is -1.67. The topological polar surface area (TPSA) is 145 Å². The summed E-state index contributed by atoms with van der Waals surface area (Å²) < 4.78 is 5.21. The minimum atomic E-state index is -1.19. The molecule has 0 radical (unpaired) electrons. The number of rotatable bonds is 26. The number of carboxylic acid groups (broad SMARTS) is 1. The van der Waals surface area contributed by atoms with E-state index in [0.717, 1.165) is 19.3 Å². The van der Waals surface area contributed by atoms with E-state index in [9.17, 15) is 19.5 Å². The molecule has 8 nitrogen and oxygen atoms in total. The monoisotopic (exact) mass is 513 g/mol. The summed E-state index contributed by atoms with van der Waals surface area (Å²) >= 11 is 0. The van der Waals surface area contributed by atoms with Crippen molar-refractivity contribution < 1.29 is 24.2 Å². The summed E-state index contributed by atoms with van der Waals surface area (Å²) in [4.78, 5) is 35.3. The first-order valence-electron chi connectivity index (χ1n) is 14.6. The van der Waals surface area contributed by atoms with Crippen LogP contribution in [0.15, 0.2) is 0 Å². The van der Waals surface area contributed by atoms with Crippen molar-refractivity contribution in [1.29, 1.82) is 0 Å². The van der Waals surface area contributed by atoms with Gasteiger partial charge in [-0.25, -0.2) is 4.79 Å². The average molecular weight is 514 g/mol. The van der Waals surface area contributed by atoms with E-state index in [-0.39, 0.29) is 12.8 Å². The molecule has 0 spiro atoms. The molecule has 0 unspecified atom stereocenters. The van der Waals surface area contributed by atoms with Gasteiger partial charge >= 0.3 is 11.9 Å². The lowest BCUT2D eigenvalue weighted by Gasteiger charge is -2.17. The van der Waals surface area contributed by atoms with Gasteiger partial charge in [-0.05, 0) is 32.2 Å². The zero-order chi connectivity index (χ0) is 26.9. The molecule has 0 aliphatic rings. The summed E-state index contributed by atoms with van der Waals surface area (Å²) in [5, 5.41) is 11.7. The number of nitrogens with two attached hydrogens (primary N) is 2. The molecule has 0 aromatic carbocycles. The second-order valence-corrected chi connectivity index (χ2v) is 10.00. The summed E-state index contributed by atoms with van der Waals surface area (Å²) in [5.41, 5.74) is 11.1. The van der Waals surface area contributed by atoms with Crippen molar-refractivity contribution in [3.63, 3.8) is 0 Å². The molecular formula is C28H55N3O5. The molecule has 0 bridgehead atoms.